The van der Waals surface area contributed by atoms with Crippen LogP contribution in [0.15, 0.2) is 24.3 Å². The molecule has 0 saturated heterocycles. The third kappa shape index (κ3) is 2.41. The van der Waals surface area contributed by atoms with E-state index in [-0.39, 0.29) is 10.8 Å². The Balaban J connectivity index is 2.33. The topological polar surface area (TPSA) is 37.3 Å². The SMILES string of the molecule is CC1(C)CC(C(=O)O)(c2ccc(C(C)(C)C)cc2)C1. The van der Waals surface area contributed by atoms with Crippen LogP contribution in [0.1, 0.15) is 58.6 Å². The van der Waals surface area contributed by atoms with Crippen molar-refractivity contribution < 1.29 is 9.90 Å². The monoisotopic (exact) mass is 260 g/mol. The third-order valence-corrected chi connectivity index (χ3v) is 4.27. The van der Waals surface area contributed by atoms with E-state index < -0.39 is 11.4 Å². The van der Waals surface area contributed by atoms with Crippen LogP contribution in [0.3, 0.4) is 0 Å². The average molecular weight is 260 g/mol. The molecule has 0 aromatic heterocycles. The zero-order valence-electron chi connectivity index (χ0n) is 12.6. The van der Waals surface area contributed by atoms with Crippen LogP contribution in [0, 0.1) is 5.41 Å². The number of hydrogen-bond donors (Lipinski definition) is 1. The summed E-state index contributed by atoms with van der Waals surface area (Å²) in [7, 11) is 0. The van der Waals surface area contributed by atoms with Gasteiger partial charge in [-0.05, 0) is 34.8 Å². The first-order valence-corrected chi connectivity index (χ1v) is 6.91. The summed E-state index contributed by atoms with van der Waals surface area (Å²) in [5.74, 6) is -0.685. The highest BCUT2D eigenvalue weighted by Crippen LogP contribution is 2.55. The van der Waals surface area contributed by atoms with Gasteiger partial charge in [0.05, 0.1) is 5.41 Å². The molecule has 0 heterocycles. The fourth-order valence-electron chi connectivity index (χ4n) is 3.35. The van der Waals surface area contributed by atoms with Crippen molar-refractivity contribution in [2.24, 2.45) is 5.41 Å². The summed E-state index contributed by atoms with van der Waals surface area (Å²) in [6.07, 6.45) is 1.45. The van der Waals surface area contributed by atoms with E-state index in [1.165, 1.54) is 5.56 Å². The largest absolute Gasteiger partial charge is 0.481 e. The van der Waals surface area contributed by atoms with Crippen LogP contribution in [0.4, 0.5) is 0 Å². The highest BCUT2D eigenvalue weighted by molar-refractivity contribution is 5.83. The van der Waals surface area contributed by atoms with Crippen LogP contribution in [-0.2, 0) is 15.6 Å². The first-order valence-electron chi connectivity index (χ1n) is 6.91. The number of hydrogen-bond acceptors (Lipinski definition) is 1. The number of benzene rings is 1. The molecule has 2 heteroatoms. The molecule has 1 aliphatic carbocycles. The van der Waals surface area contributed by atoms with Gasteiger partial charge in [-0.3, -0.25) is 4.79 Å². The standard InChI is InChI=1S/C17H24O2/c1-15(2,3)12-6-8-13(9-7-12)17(14(18)19)10-16(4,5)11-17/h6-9H,10-11H2,1-5H3,(H,18,19). The van der Waals surface area contributed by atoms with Crippen molar-refractivity contribution in [3.63, 3.8) is 0 Å². The molecular weight excluding hydrogens is 236 g/mol. The van der Waals surface area contributed by atoms with Crippen LogP contribution in [0.25, 0.3) is 0 Å². The Bertz CT molecular complexity index is 481. The minimum atomic E-state index is -0.685. The lowest BCUT2D eigenvalue weighted by atomic mass is 9.52. The van der Waals surface area contributed by atoms with Gasteiger partial charge in [-0.15, -0.1) is 0 Å². The Morgan fingerprint density at radius 2 is 1.58 bits per heavy atom. The number of carbonyl (C=O) groups is 1. The summed E-state index contributed by atoms with van der Waals surface area (Å²) >= 11 is 0. The lowest BCUT2D eigenvalue weighted by molar-refractivity contribution is -0.153. The molecule has 1 aliphatic rings. The van der Waals surface area contributed by atoms with Gasteiger partial charge in [0.25, 0.3) is 0 Å². The smallest absolute Gasteiger partial charge is 0.314 e. The molecule has 1 saturated carbocycles. The van der Waals surface area contributed by atoms with E-state index in [2.05, 4.69) is 46.8 Å². The molecular formula is C17H24O2. The van der Waals surface area contributed by atoms with E-state index >= 15 is 0 Å². The predicted molar refractivity (Wildman–Crippen MR) is 77.5 cm³/mol. The molecule has 0 aliphatic heterocycles. The molecule has 104 valence electrons. The second kappa shape index (κ2) is 4.09. The summed E-state index contributed by atoms with van der Waals surface area (Å²) < 4.78 is 0. The van der Waals surface area contributed by atoms with Crippen molar-refractivity contribution >= 4 is 5.97 Å². The van der Waals surface area contributed by atoms with Crippen molar-refractivity contribution in [3.05, 3.63) is 35.4 Å². The van der Waals surface area contributed by atoms with Crippen LogP contribution in [-0.4, -0.2) is 11.1 Å². The highest BCUT2D eigenvalue weighted by atomic mass is 16.4. The van der Waals surface area contributed by atoms with E-state index in [1.807, 2.05) is 12.1 Å². The molecule has 1 aromatic rings. The predicted octanol–water partition coefficient (Wildman–Crippen LogP) is 4.13. The Morgan fingerprint density at radius 3 is 1.89 bits per heavy atom. The molecule has 0 bridgehead atoms. The van der Waals surface area contributed by atoms with Gasteiger partial charge >= 0.3 is 5.97 Å². The molecule has 2 rings (SSSR count). The Hall–Kier alpha value is -1.31. The van der Waals surface area contributed by atoms with Gasteiger partial charge in [-0.2, -0.15) is 0 Å². The average Bonchev–Trinajstić information content (AvgIpc) is 2.24. The Labute approximate surface area is 115 Å². The van der Waals surface area contributed by atoms with Gasteiger partial charge in [0.15, 0.2) is 0 Å². The van der Waals surface area contributed by atoms with Gasteiger partial charge < -0.3 is 5.11 Å². The maximum atomic E-state index is 11.7. The van der Waals surface area contributed by atoms with E-state index in [0.29, 0.717) is 0 Å². The number of carboxylic acid groups (broad SMARTS) is 1. The van der Waals surface area contributed by atoms with E-state index in [1.54, 1.807) is 0 Å². The highest BCUT2D eigenvalue weighted by Gasteiger charge is 2.55. The van der Waals surface area contributed by atoms with Gasteiger partial charge in [-0.1, -0.05) is 58.9 Å². The fraction of sp³-hybridized carbons (Fsp3) is 0.588. The van der Waals surface area contributed by atoms with E-state index in [0.717, 1.165) is 18.4 Å². The minimum Gasteiger partial charge on any atom is -0.481 e. The minimum absolute atomic E-state index is 0.105. The number of aliphatic carboxylic acids is 1. The fourth-order valence-corrected chi connectivity index (χ4v) is 3.35. The summed E-state index contributed by atoms with van der Waals surface area (Å²) in [5, 5.41) is 9.60. The molecule has 2 nitrogen and oxygen atoms in total. The molecule has 0 spiro atoms. The van der Waals surface area contributed by atoms with Crippen molar-refractivity contribution in [1.29, 1.82) is 0 Å². The third-order valence-electron chi connectivity index (χ3n) is 4.27. The van der Waals surface area contributed by atoms with Crippen LogP contribution in [0.2, 0.25) is 0 Å². The first kappa shape index (κ1) is 14.1. The normalized spacial score (nSPS) is 20.7. The quantitative estimate of drug-likeness (QED) is 0.868. The Morgan fingerprint density at radius 1 is 1.11 bits per heavy atom. The van der Waals surface area contributed by atoms with E-state index in [4.69, 9.17) is 0 Å². The lowest BCUT2D eigenvalue weighted by Crippen LogP contribution is -2.52. The summed E-state index contributed by atoms with van der Waals surface area (Å²) in [4.78, 5) is 11.7. The van der Waals surface area contributed by atoms with Gasteiger partial charge in [0.2, 0.25) is 0 Å². The van der Waals surface area contributed by atoms with Crippen LogP contribution < -0.4 is 0 Å². The number of rotatable bonds is 2. The van der Waals surface area contributed by atoms with Gasteiger partial charge in [0, 0.05) is 0 Å². The number of carboxylic acids is 1. The second-order valence-electron chi connectivity index (χ2n) is 7.73. The maximum Gasteiger partial charge on any atom is 0.314 e. The molecule has 19 heavy (non-hydrogen) atoms. The molecule has 1 fully saturated rings. The molecule has 0 amide bonds. The van der Waals surface area contributed by atoms with Crippen molar-refractivity contribution in [2.75, 3.05) is 0 Å². The zero-order chi connectivity index (χ0) is 14.5. The molecule has 0 radical (unpaired) electrons. The molecule has 0 unspecified atom stereocenters. The van der Waals surface area contributed by atoms with Crippen molar-refractivity contribution in [3.8, 4) is 0 Å². The molecule has 1 aromatic carbocycles. The molecule has 1 N–H and O–H groups in total. The van der Waals surface area contributed by atoms with Crippen molar-refractivity contribution in [2.45, 2.75) is 58.3 Å². The summed E-state index contributed by atoms with van der Waals surface area (Å²) in [6.45, 7) is 10.8. The van der Waals surface area contributed by atoms with E-state index in [9.17, 15) is 9.90 Å². The zero-order valence-corrected chi connectivity index (χ0v) is 12.6. The van der Waals surface area contributed by atoms with Gasteiger partial charge in [-0.25, -0.2) is 0 Å². The van der Waals surface area contributed by atoms with Crippen molar-refractivity contribution in [1.82, 2.24) is 0 Å². The second-order valence-corrected chi connectivity index (χ2v) is 7.73. The van der Waals surface area contributed by atoms with Crippen LogP contribution >= 0.6 is 0 Å². The molecule has 0 atom stereocenters. The maximum absolute atomic E-state index is 11.7. The lowest BCUT2D eigenvalue weighted by Gasteiger charge is -2.50. The summed E-state index contributed by atoms with van der Waals surface area (Å²) in [6, 6.07) is 8.16. The summed E-state index contributed by atoms with van der Waals surface area (Å²) in [5.41, 5.74) is 1.78. The first-order chi connectivity index (χ1) is 8.57. The van der Waals surface area contributed by atoms with Gasteiger partial charge in [0.1, 0.15) is 0 Å². The Kier molecular flexibility index (Phi) is 3.04. The van der Waals surface area contributed by atoms with Crippen LogP contribution in [0.5, 0.6) is 0 Å².